The first kappa shape index (κ1) is 20.1. The van der Waals surface area contributed by atoms with Gasteiger partial charge in [-0.15, -0.1) is 0 Å². The lowest BCUT2D eigenvalue weighted by molar-refractivity contribution is -0.152. The van der Waals surface area contributed by atoms with Crippen LogP contribution in [0.3, 0.4) is 0 Å². The van der Waals surface area contributed by atoms with Gasteiger partial charge in [0.2, 0.25) is 5.60 Å². The number of nitrogens with zero attached hydrogens (tertiary/aromatic N) is 1. The number of hydrogen-bond donors (Lipinski definition) is 2. The number of Topliss-reactive ketones (excluding diaryl/α,β-unsaturated/α-hetero) is 1. The second-order valence-corrected chi connectivity index (χ2v) is 6.69. The van der Waals surface area contributed by atoms with Crippen LogP contribution in [0.5, 0.6) is 5.75 Å². The largest absolute Gasteiger partial charge is 0.497 e. The highest BCUT2D eigenvalue weighted by molar-refractivity contribution is 6.09. The topological polar surface area (TPSA) is 114 Å². The minimum absolute atomic E-state index is 0.00297. The fraction of sp³-hybridized carbons (Fsp3) is 0.238. The molecule has 1 amide bonds. The zero-order valence-corrected chi connectivity index (χ0v) is 16.0. The Hall–Kier alpha value is -3.68. The van der Waals surface area contributed by atoms with E-state index in [0.717, 1.165) is 0 Å². The zero-order valence-electron chi connectivity index (χ0n) is 16.0. The molecule has 0 saturated heterocycles. The number of carbonyl (C=O) groups excluding carboxylic acids is 2. The molecule has 1 atom stereocenters. The lowest BCUT2D eigenvalue weighted by Crippen LogP contribution is -2.45. The number of methoxy groups -OCH3 is 1. The highest BCUT2D eigenvalue weighted by Gasteiger charge is 2.48. The number of oxime groups is 1. The Kier molecular flexibility index (Phi) is 5.63. The first-order chi connectivity index (χ1) is 13.8. The number of amides is 1. The van der Waals surface area contributed by atoms with Crippen molar-refractivity contribution in [3.05, 3.63) is 59.7 Å². The normalized spacial score (nSPS) is 17.8. The lowest BCUT2D eigenvalue weighted by Gasteiger charge is -2.23. The fourth-order valence-electron chi connectivity index (χ4n) is 2.99. The highest BCUT2D eigenvalue weighted by Crippen LogP contribution is 2.32. The van der Waals surface area contributed by atoms with Gasteiger partial charge in [0.05, 0.1) is 19.2 Å². The third-order valence-corrected chi connectivity index (χ3v) is 4.61. The number of nitrogens with one attached hydrogen (secondary N) is 1. The van der Waals surface area contributed by atoms with E-state index in [1.54, 1.807) is 55.6 Å². The summed E-state index contributed by atoms with van der Waals surface area (Å²) in [6.07, 6.45) is -0.545. The van der Waals surface area contributed by atoms with Crippen molar-refractivity contribution in [3.8, 4) is 5.75 Å². The fourth-order valence-corrected chi connectivity index (χ4v) is 2.99. The van der Waals surface area contributed by atoms with Crippen molar-refractivity contribution in [1.29, 1.82) is 0 Å². The van der Waals surface area contributed by atoms with Gasteiger partial charge in [-0.1, -0.05) is 5.16 Å². The van der Waals surface area contributed by atoms with Gasteiger partial charge < -0.3 is 20.0 Å². The number of aliphatic carboxylic acids is 1. The molecule has 0 spiro atoms. The Morgan fingerprint density at radius 2 is 1.79 bits per heavy atom. The Morgan fingerprint density at radius 3 is 2.34 bits per heavy atom. The molecule has 2 aromatic rings. The van der Waals surface area contributed by atoms with E-state index in [2.05, 4.69) is 10.5 Å². The summed E-state index contributed by atoms with van der Waals surface area (Å²) in [5, 5.41) is 15.9. The predicted octanol–water partition coefficient (Wildman–Crippen LogP) is 2.87. The van der Waals surface area contributed by atoms with Gasteiger partial charge >= 0.3 is 5.97 Å². The molecule has 150 valence electrons. The van der Waals surface area contributed by atoms with Crippen LogP contribution in [0.15, 0.2) is 53.7 Å². The lowest BCUT2D eigenvalue weighted by atomic mass is 9.90. The molecule has 2 N–H and O–H groups in total. The summed E-state index contributed by atoms with van der Waals surface area (Å²) in [4.78, 5) is 41.1. The predicted molar refractivity (Wildman–Crippen MR) is 105 cm³/mol. The number of ketones is 1. The van der Waals surface area contributed by atoms with Crippen LogP contribution in [0.4, 0.5) is 5.69 Å². The van der Waals surface area contributed by atoms with E-state index in [-0.39, 0.29) is 12.2 Å². The van der Waals surface area contributed by atoms with Gasteiger partial charge in [0.15, 0.2) is 5.78 Å². The minimum atomic E-state index is -1.67. The summed E-state index contributed by atoms with van der Waals surface area (Å²) in [5.41, 5.74) is 0.435. The van der Waals surface area contributed by atoms with Crippen LogP contribution in [0.25, 0.3) is 0 Å². The Labute approximate surface area is 167 Å². The van der Waals surface area contributed by atoms with Gasteiger partial charge in [-0.05, 0) is 61.0 Å². The van der Waals surface area contributed by atoms with Crippen LogP contribution in [-0.2, 0) is 14.4 Å². The van der Waals surface area contributed by atoms with Crippen molar-refractivity contribution in [2.75, 3.05) is 12.4 Å². The first-order valence-corrected chi connectivity index (χ1v) is 8.87. The molecule has 1 aliphatic heterocycles. The maximum atomic E-state index is 12.9. The van der Waals surface area contributed by atoms with Gasteiger partial charge in [0, 0.05) is 17.7 Å². The summed E-state index contributed by atoms with van der Waals surface area (Å²) in [5.74, 6) is -1.24. The first-order valence-electron chi connectivity index (χ1n) is 8.87. The number of carboxylic acids is 1. The third-order valence-electron chi connectivity index (χ3n) is 4.61. The molecule has 0 aromatic heterocycles. The van der Waals surface area contributed by atoms with Crippen LogP contribution in [0.1, 0.15) is 35.7 Å². The molecule has 1 heterocycles. The van der Waals surface area contributed by atoms with Crippen molar-refractivity contribution in [2.24, 2.45) is 5.16 Å². The number of carbonyl (C=O) groups is 3. The number of hydrogen-bond acceptors (Lipinski definition) is 6. The van der Waals surface area contributed by atoms with Crippen molar-refractivity contribution in [1.82, 2.24) is 0 Å². The molecular formula is C21H20N2O6. The monoisotopic (exact) mass is 396 g/mol. The molecular weight excluding hydrogens is 376 g/mol. The van der Waals surface area contributed by atoms with Crippen molar-refractivity contribution in [3.63, 3.8) is 0 Å². The Morgan fingerprint density at radius 1 is 1.14 bits per heavy atom. The van der Waals surface area contributed by atoms with E-state index in [1.807, 2.05) is 0 Å². The van der Waals surface area contributed by atoms with E-state index in [9.17, 15) is 19.5 Å². The molecule has 0 saturated carbocycles. The van der Waals surface area contributed by atoms with Gasteiger partial charge in [-0.2, -0.15) is 0 Å². The molecule has 0 radical (unpaired) electrons. The average molecular weight is 396 g/mol. The smallest absolute Gasteiger partial charge is 0.308 e. The molecule has 0 aliphatic carbocycles. The number of ether oxygens (including phenoxy) is 1. The van der Waals surface area contributed by atoms with E-state index >= 15 is 0 Å². The summed E-state index contributed by atoms with van der Waals surface area (Å²) < 4.78 is 5.12. The van der Waals surface area contributed by atoms with Gasteiger partial charge in [-0.25, -0.2) is 0 Å². The van der Waals surface area contributed by atoms with E-state index in [0.29, 0.717) is 28.3 Å². The van der Waals surface area contributed by atoms with E-state index < -0.39 is 23.9 Å². The van der Waals surface area contributed by atoms with Crippen molar-refractivity contribution < 1.29 is 29.1 Å². The Balaban J connectivity index is 1.79. The molecule has 1 aliphatic rings. The third kappa shape index (κ3) is 4.43. The summed E-state index contributed by atoms with van der Waals surface area (Å²) in [7, 11) is 1.55. The van der Waals surface area contributed by atoms with E-state index in [1.165, 1.54) is 6.92 Å². The standard InChI is InChI=1S/C21H20N2O6/c1-13(24)14-3-7-16(8-4-14)22-20(27)21(12-19(25)26)11-18(23-29-21)15-5-9-17(28-2)10-6-15/h3-10H,11-12H2,1-2H3,(H,22,27)(H,25,26). The molecule has 3 rings (SSSR count). The Bertz CT molecular complexity index is 966. The maximum Gasteiger partial charge on any atom is 0.308 e. The number of benzene rings is 2. The summed E-state index contributed by atoms with van der Waals surface area (Å²) in [6, 6.07) is 13.3. The number of rotatable bonds is 7. The van der Waals surface area contributed by atoms with Crippen molar-refractivity contribution >= 4 is 29.1 Å². The maximum absolute atomic E-state index is 12.9. The molecule has 2 aromatic carbocycles. The summed E-state index contributed by atoms with van der Waals surface area (Å²) in [6.45, 7) is 1.44. The minimum Gasteiger partial charge on any atom is -0.497 e. The van der Waals surface area contributed by atoms with Crippen LogP contribution in [0.2, 0.25) is 0 Å². The van der Waals surface area contributed by atoms with Crippen LogP contribution >= 0.6 is 0 Å². The highest BCUT2D eigenvalue weighted by atomic mass is 16.7. The molecule has 1 unspecified atom stereocenters. The summed E-state index contributed by atoms with van der Waals surface area (Å²) >= 11 is 0. The molecule has 8 heteroatoms. The second-order valence-electron chi connectivity index (χ2n) is 6.69. The number of carboxylic acid groups (broad SMARTS) is 1. The second kappa shape index (κ2) is 8.14. The molecule has 29 heavy (non-hydrogen) atoms. The van der Waals surface area contributed by atoms with Gasteiger partial charge in [0.1, 0.15) is 5.75 Å². The molecule has 8 nitrogen and oxygen atoms in total. The van der Waals surface area contributed by atoms with Gasteiger partial charge in [-0.3, -0.25) is 14.4 Å². The average Bonchev–Trinajstić information content (AvgIpc) is 3.13. The zero-order chi connectivity index (χ0) is 21.0. The quantitative estimate of drug-likeness (QED) is 0.696. The van der Waals surface area contributed by atoms with Crippen molar-refractivity contribution in [2.45, 2.75) is 25.4 Å². The van der Waals surface area contributed by atoms with Crippen LogP contribution < -0.4 is 10.1 Å². The number of anilines is 1. The van der Waals surface area contributed by atoms with Crippen LogP contribution in [0, 0.1) is 0 Å². The van der Waals surface area contributed by atoms with E-state index in [4.69, 9.17) is 9.57 Å². The van der Waals surface area contributed by atoms with Crippen LogP contribution in [-0.4, -0.2) is 41.2 Å². The molecule has 0 fully saturated rings. The molecule has 0 bridgehead atoms. The SMILES string of the molecule is COc1ccc(C2=NOC(CC(=O)O)(C(=O)Nc3ccc(C(C)=O)cc3)C2)cc1. The van der Waals surface area contributed by atoms with Gasteiger partial charge in [0.25, 0.3) is 5.91 Å².